The van der Waals surface area contributed by atoms with Crippen LogP contribution in [-0.2, 0) is 0 Å². The van der Waals surface area contributed by atoms with E-state index < -0.39 is 5.97 Å². The Balaban J connectivity index is 2.11. The predicted octanol–water partition coefficient (Wildman–Crippen LogP) is 3.98. The van der Waals surface area contributed by atoms with Crippen molar-refractivity contribution in [2.75, 3.05) is 0 Å². The summed E-state index contributed by atoms with van der Waals surface area (Å²) < 4.78 is 0. The van der Waals surface area contributed by atoms with Crippen LogP contribution in [0.25, 0.3) is 6.08 Å². The van der Waals surface area contributed by atoms with Crippen LogP contribution in [0.5, 0.6) is 0 Å². The van der Waals surface area contributed by atoms with Gasteiger partial charge < -0.3 is 5.11 Å². The molecule has 0 amide bonds. The van der Waals surface area contributed by atoms with E-state index in [0.717, 1.165) is 5.56 Å². The molecule has 0 bridgehead atoms. The summed E-state index contributed by atoms with van der Waals surface area (Å²) in [5, 5.41) is 9.07. The second kappa shape index (κ2) is 5.67. The number of allylic oxidation sites excluding steroid dienone is 1. The van der Waals surface area contributed by atoms with Gasteiger partial charge in [0.15, 0.2) is 0 Å². The molecule has 1 aliphatic carbocycles. The van der Waals surface area contributed by atoms with Gasteiger partial charge in [-0.3, -0.25) is 0 Å². The van der Waals surface area contributed by atoms with E-state index in [1.165, 1.54) is 32.1 Å². The molecular formula is C15H18O2. The third-order valence-corrected chi connectivity index (χ3v) is 3.39. The van der Waals surface area contributed by atoms with Crippen molar-refractivity contribution in [2.24, 2.45) is 5.92 Å². The first-order valence-corrected chi connectivity index (χ1v) is 6.28. The molecular weight excluding hydrogens is 212 g/mol. The summed E-state index contributed by atoms with van der Waals surface area (Å²) in [6, 6.07) is 7.17. The maximum atomic E-state index is 11.0. The van der Waals surface area contributed by atoms with E-state index in [2.05, 4.69) is 6.08 Å². The standard InChI is InChI=1S/C15H18O2/c16-15(17)14-9-5-4-8-13(14)11-10-12-6-2-1-3-7-12/h4-5,8-12H,1-3,6-7H2,(H,16,17)/b11-10+. The van der Waals surface area contributed by atoms with Gasteiger partial charge in [0, 0.05) is 0 Å². The molecule has 0 aliphatic heterocycles. The Hall–Kier alpha value is -1.57. The van der Waals surface area contributed by atoms with Gasteiger partial charge in [-0.05, 0) is 30.4 Å². The molecule has 1 N–H and O–H groups in total. The van der Waals surface area contributed by atoms with Crippen molar-refractivity contribution < 1.29 is 9.90 Å². The molecule has 1 fully saturated rings. The zero-order valence-electron chi connectivity index (χ0n) is 9.93. The van der Waals surface area contributed by atoms with Crippen LogP contribution in [0.15, 0.2) is 30.3 Å². The maximum Gasteiger partial charge on any atom is 0.336 e. The molecule has 0 spiro atoms. The Morgan fingerprint density at radius 1 is 1.18 bits per heavy atom. The van der Waals surface area contributed by atoms with Crippen LogP contribution in [0.2, 0.25) is 0 Å². The lowest BCUT2D eigenvalue weighted by atomic mass is 9.88. The average molecular weight is 230 g/mol. The highest BCUT2D eigenvalue weighted by Crippen LogP contribution is 2.25. The van der Waals surface area contributed by atoms with Gasteiger partial charge in [-0.15, -0.1) is 0 Å². The highest BCUT2D eigenvalue weighted by atomic mass is 16.4. The van der Waals surface area contributed by atoms with E-state index >= 15 is 0 Å². The largest absolute Gasteiger partial charge is 0.478 e. The van der Waals surface area contributed by atoms with Crippen LogP contribution in [0.1, 0.15) is 48.0 Å². The number of carboxylic acid groups (broad SMARTS) is 1. The van der Waals surface area contributed by atoms with Gasteiger partial charge in [0.1, 0.15) is 0 Å². The maximum absolute atomic E-state index is 11.0. The summed E-state index contributed by atoms with van der Waals surface area (Å²) in [4.78, 5) is 11.0. The fraction of sp³-hybridized carbons (Fsp3) is 0.400. The van der Waals surface area contributed by atoms with Crippen LogP contribution >= 0.6 is 0 Å². The van der Waals surface area contributed by atoms with Crippen LogP contribution in [-0.4, -0.2) is 11.1 Å². The molecule has 2 heteroatoms. The molecule has 0 heterocycles. The SMILES string of the molecule is O=C(O)c1ccccc1/C=C/C1CCCCC1. The van der Waals surface area contributed by atoms with Crippen molar-refractivity contribution in [3.8, 4) is 0 Å². The lowest BCUT2D eigenvalue weighted by molar-refractivity contribution is 0.0696. The molecule has 0 atom stereocenters. The molecule has 17 heavy (non-hydrogen) atoms. The van der Waals surface area contributed by atoms with Gasteiger partial charge in [-0.2, -0.15) is 0 Å². The Kier molecular flexibility index (Phi) is 3.97. The highest BCUT2D eigenvalue weighted by Gasteiger charge is 2.11. The summed E-state index contributed by atoms with van der Waals surface area (Å²) in [6.07, 6.45) is 10.6. The van der Waals surface area contributed by atoms with Crippen LogP contribution in [0, 0.1) is 5.92 Å². The lowest BCUT2D eigenvalue weighted by Gasteiger charge is -2.17. The summed E-state index contributed by atoms with van der Waals surface area (Å²) in [5.41, 5.74) is 1.20. The minimum Gasteiger partial charge on any atom is -0.478 e. The first-order chi connectivity index (χ1) is 8.27. The molecule has 2 nitrogen and oxygen atoms in total. The second-order valence-corrected chi connectivity index (χ2v) is 4.65. The van der Waals surface area contributed by atoms with Gasteiger partial charge in [-0.1, -0.05) is 49.6 Å². The smallest absolute Gasteiger partial charge is 0.336 e. The predicted molar refractivity (Wildman–Crippen MR) is 69.0 cm³/mol. The first kappa shape index (κ1) is 11.9. The van der Waals surface area contributed by atoms with E-state index in [1.807, 2.05) is 18.2 Å². The molecule has 1 aliphatic rings. The number of carboxylic acids is 1. The number of carbonyl (C=O) groups is 1. The van der Waals surface area contributed by atoms with E-state index in [0.29, 0.717) is 11.5 Å². The number of benzene rings is 1. The molecule has 0 aromatic heterocycles. The molecule has 1 saturated carbocycles. The normalized spacial score (nSPS) is 17.4. The van der Waals surface area contributed by atoms with Gasteiger partial charge in [-0.25, -0.2) is 4.79 Å². The molecule has 1 aromatic carbocycles. The molecule has 1 aromatic rings. The van der Waals surface area contributed by atoms with Gasteiger partial charge in [0.2, 0.25) is 0 Å². The monoisotopic (exact) mass is 230 g/mol. The third-order valence-electron chi connectivity index (χ3n) is 3.39. The summed E-state index contributed by atoms with van der Waals surface area (Å²) in [6.45, 7) is 0. The van der Waals surface area contributed by atoms with Crippen molar-refractivity contribution in [3.63, 3.8) is 0 Å². The molecule has 90 valence electrons. The van der Waals surface area contributed by atoms with E-state index in [4.69, 9.17) is 5.11 Å². The van der Waals surface area contributed by atoms with Crippen LogP contribution in [0.4, 0.5) is 0 Å². The number of aromatic carboxylic acids is 1. The summed E-state index contributed by atoms with van der Waals surface area (Å²) >= 11 is 0. The number of hydrogen-bond donors (Lipinski definition) is 1. The Morgan fingerprint density at radius 2 is 1.88 bits per heavy atom. The summed E-state index contributed by atoms with van der Waals surface area (Å²) in [5.74, 6) is -0.223. The van der Waals surface area contributed by atoms with Crippen molar-refractivity contribution in [3.05, 3.63) is 41.5 Å². The van der Waals surface area contributed by atoms with Gasteiger partial charge in [0.25, 0.3) is 0 Å². The molecule has 0 radical (unpaired) electrons. The summed E-state index contributed by atoms with van der Waals surface area (Å²) in [7, 11) is 0. The number of hydrogen-bond acceptors (Lipinski definition) is 1. The van der Waals surface area contributed by atoms with Crippen molar-refractivity contribution >= 4 is 12.0 Å². The Labute approximate surface area is 102 Å². The quantitative estimate of drug-likeness (QED) is 0.852. The first-order valence-electron chi connectivity index (χ1n) is 6.28. The van der Waals surface area contributed by atoms with Crippen molar-refractivity contribution in [1.29, 1.82) is 0 Å². The topological polar surface area (TPSA) is 37.3 Å². The fourth-order valence-electron chi connectivity index (χ4n) is 2.40. The van der Waals surface area contributed by atoms with E-state index in [1.54, 1.807) is 12.1 Å². The molecule has 0 saturated heterocycles. The average Bonchev–Trinajstić information content (AvgIpc) is 2.38. The Morgan fingerprint density at radius 3 is 2.59 bits per heavy atom. The van der Waals surface area contributed by atoms with Crippen molar-refractivity contribution in [1.82, 2.24) is 0 Å². The molecule has 0 unspecified atom stereocenters. The van der Waals surface area contributed by atoms with Crippen molar-refractivity contribution in [2.45, 2.75) is 32.1 Å². The van der Waals surface area contributed by atoms with Gasteiger partial charge in [0.05, 0.1) is 5.56 Å². The highest BCUT2D eigenvalue weighted by molar-refractivity contribution is 5.92. The number of rotatable bonds is 3. The minimum atomic E-state index is -0.853. The van der Waals surface area contributed by atoms with E-state index in [9.17, 15) is 4.79 Å². The lowest BCUT2D eigenvalue weighted by Crippen LogP contribution is -2.03. The fourth-order valence-corrected chi connectivity index (χ4v) is 2.40. The zero-order chi connectivity index (χ0) is 12.1. The molecule has 2 rings (SSSR count). The third kappa shape index (κ3) is 3.19. The van der Waals surface area contributed by atoms with E-state index in [-0.39, 0.29) is 0 Å². The van der Waals surface area contributed by atoms with Gasteiger partial charge >= 0.3 is 5.97 Å². The van der Waals surface area contributed by atoms with Crippen LogP contribution in [0.3, 0.4) is 0 Å². The van der Waals surface area contributed by atoms with Crippen LogP contribution < -0.4 is 0 Å². The second-order valence-electron chi connectivity index (χ2n) is 4.65. The zero-order valence-corrected chi connectivity index (χ0v) is 9.93. The minimum absolute atomic E-state index is 0.388. The Bertz CT molecular complexity index is 415.